The molecule has 0 spiro atoms. The topological polar surface area (TPSA) is 73.6 Å². The first-order valence-corrected chi connectivity index (χ1v) is 9.92. The summed E-state index contributed by atoms with van der Waals surface area (Å²) in [5.74, 6) is 0.687. The molecule has 5 nitrogen and oxygen atoms in total. The number of hydrogen-bond donors (Lipinski definition) is 2. The Morgan fingerprint density at radius 2 is 1.79 bits per heavy atom. The van der Waals surface area contributed by atoms with Crippen LogP contribution in [0.15, 0.2) is 54.6 Å². The highest BCUT2D eigenvalue weighted by atomic mass is 16.5. The van der Waals surface area contributed by atoms with Crippen molar-refractivity contribution >= 4 is 5.91 Å². The van der Waals surface area contributed by atoms with Crippen LogP contribution in [0.5, 0.6) is 5.75 Å². The van der Waals surface area contributed by atoms with Crippen LogP contribution in [-0.4, -0.2) is 32.3 Å². The van der Waals surface area contributed by atoms with Crippen molar-refractivity contribution < 1.29 is 14.3 Å². The lowest BCUT2D eigenvalue weighted by Crippen LogP contribution is -2.53. The third-order valence-electron chi connectivity index (χ3n) is 5.66. The zero-order chi connectivity index (χ0) is 20.0. The molecule has 1 unspecified atom stereocenters. The SMILES string of the molecule is CCOc1ccc(C2(CNC(=O)C(C)(N)c3ccccc3)CCOCC2)cc1. The number of carbonyl (C=O) groups excluding carboxylic acids is 1. The molecule has 3 rings (SSSR count). The molecule has 1 atom stereocenters. The molecule has 1 heterocycles. The van der Waals surface area contributed by atoms with E-state index in [1.165, 1.54) is 5.56 Å². The summed E-state index contributed by atoms with van der Waals surface area (Å²) in [6, 6.07) is 17.7. The number of ether oxygens (including phenoxy) is 2. The highest BCUT2D eigenvalue weighted by Gasteiger charge is 2.37. The predicted octanol–water partition coefficient (Wildman–Crippen LogP) is 3.12. The van der Waals surface area contributed by atoms with Gasteiger partial charge in [0.2, 0.25) is 5.91 Å². The number of nitrogens with one attached hydrogen (secondary N) is 1. The Morgan fingerprint density at radius 3 is 2.39 bits per heavy atom. The van der Waals surface area contributed by atoms with Gasteiger partial charge in [-0.25, -0.2) is 0 Å². The molecule has 0 radical (unpaired) electrons. The number of carbonyl (C=O) groups is 1. The first-order chi connectivity index (χ1) is 13.5. The van der Waals surface area contributed by atoms with Crippen LogP contribution >= 0.6 is 0 Å². The highest BCUT2D eigenvalue weighted by molar-refractivity contribution is 5.87. The van der Waals surface area contributed by atoms with Crippen LogP contribution in [0.3, 0.4) is 0 Å². The molecule has 1 amide bonds. The number of nitrogens with two attached hydrogens (primary N) is 1. The molecule has 1 fully saturated rings. The van der Waals surface area contributed by atoms with Crippen LogP contribution in [0.1, 0.15) is 37.8 Å². The van der Waals surface area contributed by atoms with Crippen molar-refractivity contribution in [1.29, 1.82) is 0 Å². The minimum atomic E-state index is -1.08. The standard InChI is InChI=1S/C23H30N2O3/c1-3-28-20-11-9-19(10-12-20)23(13-15-27-16-14-23)17-25-21(26)22(2,24)18-7-5-4-6-8-18/h4-12H,3,13-17,24H2,1-2H3,(H,25,26). The smallest absolute Gasteiger partial charge is 0.244 e. The van der Waals surface area contributed by atoms with Gasteiger partial charge < -0.3 is 20.5 Å². The van der Waals surface area contributed by atoms with E-state index in [4.69, 9.17) is 15.2 Å². The maximum Gasteiger partial charge on any atom is 0.244 e. The molecule has 2 aromatic rings. The van der Waals surface area contributed by atoms with Crippen LogP contribution in [0.4, 0.5) is 0 Å². The molecule has 0 saturated carbocycles. The summed E-state index contributed by atoms with van der Waals surface area (Å²) in [7, 11) is 0. The third kappa shape index (κ3) is 4.37. The average molecular weight is 383 g/mol. The lowest BCUT2D eigenvalue weighted by molar-refractivity contribution is -0.126. The van der Waals surface area contributed by atoms with Crippen LogP contribution in [0.25, 0.3) is 0 Å². The van der Waals surface area contributed by atoms with Crippen molar-refractivity contribution in [3.8, 4) is 5.75 Å². The fraction of sp³-hybridized carbons (Fsp3) is 0.435. The highest BCUT2D eigenvalue weighted by Crippen LogP contribution is 2.35. The molecular formula is C23H30N2O3. The average Bonchev–Trinajstić information content (AvgIpc) is 2.74. The minimum Gasteiger partial charge on any atom is -0.494 e. The van der Waals surface area contributed by atoms with Crippen molar-refractivity contribution in [3.05, 3.63) is 65.7 Å². The molecule has 0 bridgehead atoms. The minimum absolute atomic E-state index is 0.161. The summed E-state index contributed by atoms with van der Waals surface area (Å²) in [4.78, 5) is 12.9. The third-order valence-corrected chi connectivity index (χ3v) is 5.66. The second kappa shape index (κ2) is 8.76. The molecule has 28 heavy (non-hydrogen) atoms. The van der Waals surface area contributed by atoms with Gasteiger partial charge in [-0.2, -0.15) is 0 Å². The molecular weight excluding hydrogens is 352 g/mol. The van der Waals surface area contributed by atoms with E-state index in [0.717, 1.165) is 24.2 Å². The first kappa shape index (κ1) is 20.4. The fourth-order valence-electron chi connectivity index (χ4n) is 3.75. The molecule has 3 N–H and O–H groups in total. The van der Waals surface area contributed by atoms with Gasteiger partial charge in [0.25, 0.3) is 0 Å². The summed E-state index contributed by atoms with van der Waals surface area (Å²) in [5.41, 5.74) is 7.13. The maximum absolute atomic E-state index is 12.9. The van der Waals surface area contributed by atoms with Crippen LogP contribution in [0, 0.1) is 0 Å². The van der Waals surface area contributed by atoms with Gasteiger partial charge in [-0.3, -0.25) is 4.79 Å². The Morgan fingerprint density at radius 1 is 1.14 bits per heavy atom. The summed E-state index contributed by atoms with van der Waals surface area (Å²) in [5, 5.41) is 3.12. The van der Waals surface area contributed by atoms with E-state index in [1.54, 1.807) is 6.92 Å². The molecule has 5 heteroatoms. The van der Waals surface area contributed by atoms with Crippen LogP contribution < -0.4 is 15.8 Å². The summed E-state index contributed by atoms with van der Waals surface area (Å²) >= 11 is 0. The molecule has 1 saturated heterocycles. The second-order valence-electron chi connectivity index (χ2n) is 7.60. The Bertz CT molecular complexity index is 766. The number of hydrogen-bond acceptors (Lipinski definition) is 4. The molecule has 1 aliphatic rings. The quantitative estimate of drug-likeness (QED) is 0.772. The van der Waals surface area contributed by atoms with Gasteiger partial charge in [0.15, 0.2) is 0 Å². The van der Waals surface area contributed by atoms with E-state index in [0.29, 0.717) is 26.4 Å². The predicted molar refractivity (Wildman–Crippen MR) is 110 cm³/mol. The van der Waals surface area contributed by atoms with Gasteiger partial charge in [0, 0.05) is 25.2 Å². The Hall–Kier alpha value is -2.37. The van der Waals surface area contributed by atoms with E-state index in [9.17, 15) is 4.79 Å². The second-order valence-corrected chi connectivity index (χ2v) is 7.60. The molecule has 0 aromatic heterocycles. The van der Waals surface area contributed by atoms with Crippen molar-refractivity contribution in [3.63, 3.8) is 0 Å². The number of amides is 1. The molecule has 1 aliphatic heterocycles. The summed E-state index contributed by atoms with van der Waals surface area (Å²) in [6.45, 7) is 6.26. The summed E-state index contributed by atoms with van der Waals surface area (Å²) < 4.78 is 11.2. The van der Waals surface area contributed by atoms with E-state index >= 15 is 0 Å². The van der Waals surface area contributed by atoms with E-state index in [-0.39, 0.29) is 11.3 Å². The first-order valence-electron chi connectivity index (χ1n) is 9.92. The largest absolute Gasteiger partial charge is 0.494 e. The van der Waals surface area contributed by atoms with Crippen molar-refractivity contribution in [2.45, 2.75) is 37.6 Å². The Kier molecular flexibility index (Phi) is 6.37. The Balaban J connectivity index is 1.76. The van der Waals surface area contributed by atoms with Gasteiger partial charge in [0.1, 0.15) is 11.3 Å². The number of rotatable bonds is 7. The lowest BCUT2D eigenvalue weighted by Gasteiger charge is -2.39. The normalized spacial score (nSPS) is 18.1. The van der Waals surface area contributed by atoms with Gasteiger partial charge in [-0.1, -0.05) is 42.5 Å². The van der Waals surface area contributed by atoms with E-state index in [1.807, 2.05) is 49.4 Å². The van der Waals surface area contributed by atoms with Crippen LogP contribution in [-0.2, 0) is 20.5 Å². The zero-order valence-electron chi connectivity index (χ0n) is 16.7. The maximum atomic E-state index is 12.9. The fourth-order valence-corrected chi connectivity index (χ4v) is 3.75. The van der Waals surface area contributed by atoms with Gasteiger partial charge in [0.05, 0.1) is 6.61 Å². The zero-order valence-corrected chi connectivity index (χ0v) is 16.7. The van der Waals surface area contributed by atoms with Crippen molar-refractivity contribution in [2.75, 3.05) is 26.4 Å². The van der Waals surface area contributed by atoms with Crippen LogP contribution in [0.2, 0.25) is 0 Å². The van der Waals surface area contributed by atoms with E-state index < -0.39 is 5.54 Å². The number of benzene rings is 2. The lowest BCUT2D eigenvalue weighted by atomic mass is 9.74. The van der Waals surface area contributed by atoms with Crippen molar-refractivity contribution in [1.82, 2.24) is 5.32 Å². The Labute approximate surface area is 167 Å². The summed E-state index contributed by atoms with van der Waals surface area (Å²) in [6.07, 6.45) is 1.71. The van der Waals surface area contributed by atoms with Crippen molar-refractivity contribution in [2.24, 2.45) is 5.73 Å². The molecule has 0 aliphatic carbocycles. The monoisotopic (exact) mass is 382 g/mol. The molecule has 2 aromatic carbocycles. The van der Waals surface area contributed by atoms with Gasteiger partial charge >= 0.3 is 0 Å². The van der Waals surface area contributed by atoms with Gasteiger partial charge in [-0.05, 0) is 49.9 Å². The van der Waals surface area contributed by atoms with Gasteiger partial charge in [-0.15, -0.1) is 0 Å². The molecule has 150 valence electrons. The van der Waals surface area contributed by atoms with E-state index in [2.05, 4.69) is 17.4 Å².